The normalized spacial score (nSPS) is 14.0. The molecule has 0 fully saturated rings. The summed E-state index contributed by atoms with van der Waals surface area (Å²) in [5.74, 6) is 0. The van der Waals surface area contributed by atoms with Gasteiger partial charge in [0.25, 0.3) is 5.69 Å². The lowest BCUT2D eigenvalue weighted by molar-refractivity contribution is -0.385. The minimum absolute atomic E-state index is 0.0565. The van der Waals surface area contributed by atoms with Crippen molar-refractivity contribution in [3.05, 3.63) is 39.4 Å². The molecule has 0 aromatic heterocycles. The van der Waals surface area contributed by atoms with E-state index in [0.29, 0.717) is 25.1 Å². The number of nitro benzene ring substituents is 1. The van der Waals surface area contributed by atoms with Crippen LogP contribution in [0.2, 0.25) is 0 Å². The lowest BCUT2D eigenvalue weighted by Gasteiger charge is -2.29. The molecular formula is C14H22N2O4. The van der Waals surface area contributed by atoms with Crippen molar-refractivity contribution in [3.63, 3.8) is 0 Å². The van der Waals surface area contributed by atoms with Gasteiger partial charge >= 0.3 is 0 Å². The molecule has 1 aromatic rings. The molecule has 0 spiro atoms. The number of nitrogens with one attached hydrogen (secondary N) is 1. The molecule has 1 rings (SSSR count). The van der Waals surface area contributed by atoms with Crippen molar-refractivity contribution in [2.45, 2.75) is 32.4 Å². The molecule has 0 heterocycles. The highest BCUT2D eigenvalue weighted by molar-refractivity contribution is 5.42. The van der Waals surface area contributed by atoms with Crippen LogP contribution in [0.15, 0.2) is 18.2 Å². The van der Waals surface area contributed by atoms with Gasteiger partial charge in [-0.05, 0) is 25.8 Å². The lowest BCUT2D eigenvalue weighted by Crippen LogP contribution is -2.46. The molecule has 0 saturated carbocycles. The summed E-state index contributed by atoms with van der Waals surface area (Å²) in [6.07, 6.45) is 0.550. The Morgan fingerprint density at radius 2 is 2.20 bits per heavy atom. The van der Waals surface area contributed by atoms with Crippen molar-refractivity contribution in [1.29, 1.82) is 0 Å². The second kappa shape index (κ2) is 7.33. The zero-order valence-corrected chi connectivity index (χ0v) is 12.2. The summed E-state index contributed by atoms with van der Waals surface area (Å²) in [6, 6.07) is 5.19. The van der Waals surface area contributed by atoms with E-state index >= 15 is 0 Å². The first-order chi connectivity index (χ1) is 9.41. The van der Waals surface area contributed by atoms with E-state index in [-0.39, 0.29) is 22.8 Å². The molecule has 0 amide bonds. The van der Waals surface area contributed by atoms with Gasteiger partial charge < -0.3 is 15.2 Å². The molecule has 1 unspecified atom stereocenters. The Hall–Kier alpha value is -1.50. The first kappa shape index (κ1) is 16.6. The Kier molecular flexibility index (Phi) is 6.06. The minimum atomic E-state index is -0.374. The predicted octanol–water partition coefficient (Wildman–Crippen LogP) is 1.78. The Labute approximate surface area is 118 Å². The van der Waals surface area contributed by atoms with Crippen LogP contribution in [0.1, 0.15) is 24.5 Å². The number of hydrogen-bond acceptors (Lipinski definition) is 5. The van der Waals surface area contributed by atoms with Crippen LogP contribution in [0, 0.1) is 17.0 Å². The molecule has 0 aliphatic carbocycles. The van der Waals surface area contributed by atoms with E-state index in [9.17, 15) is 10.1 Å². The molecule has 1 aromatic carbocycles. The number of nitro groups is 1. The highest BCUT2D eigenvalue weighted by atomic mass is 16.6. The second-order valence-electron chi connectivity index (χ2n) is 5.20. The first-order valence-corrected chi connectivity index (χ1v) is 6.50. The predicted molar refractivity (Wildman–Crippen MR) is 76.7 cm³/mol. The Morgan fingerprint density at radius 3 is 2.75 bits per heavy atom. The van der Waals surface area contributed by atoms with Gasteiger partial charge in [-0.3, -0.25) is 10.1 Å². The smallest absolute Gasteiger partial charge is 0.272 e. The van der Waals surface area contributed by atoms with Gasteiger partial charge in [0, 0.05) is 37.4 Å². The first-order valence-electron chi connectivity index (χ1n) is 6.50. The van der Waals surface area contributed by atoms with E-state index in [1.165, 1.54) is 0 Å². The monoisotopic (exact) mass is 282 g/mol. The molecule has 6 nitrogen and oxygen atoms in total. The van der Waals surface area contributed by atoms with Crippen molar-refractivity contribution < 1.29 is 14.8 Å². The van der Waals surface area contributed by atoms with Crippen molar-refractivity contribution in [3.8, 4) is 0 Å². The molecule has 2 N–H and O–H groups in total. The Morgan fingerprint density at radius 1 is 1.50 bits per heavy atom. The Balaban J connectivity index is 2.78. The van der Waals surface area contributed by atoms with Gasteiger partial charge in [0.1, 0.15) is 0 Å². The van der Waals surface area contributed by atoms with Gasteiger partial charge in [0.2, 0.25) is 0 Å². The van der Waals surface area contributed by atoms with Crippen molar-refractivity contribution in [2.75, 3.05) is 20.3 Å². The molecule has 0 bridgehead atoms. The number of aliphatic hydroxyl groups is 1. The fraction of sp³-hybridized carbons (Fsp3) is 0.571. The van der Waals surface area contributed by atoms with Gasteiger partial charge in [-0.1, -0.05) is 12.1 Å². The van der Waals surface area contributed by atoms with Crippen LogP contribution in [0.4, 0.5) is 5.69 Å². The van der Waals surface area contributed by atoms with E-state index in [0.717, 1.165) is 5.56 Å². The highest BCUT2D eigenvalue weighted by Gasteiger charge is 2.23. The fourth-order valence-electron chi connectivity index (χ4n) is 2.05. The molecule has 0 saturated heterocycles. The number of benzene rings is 1. The summed E-state index contributed by atoms with van der Waals surface area (Å²) in [6.45, 7) is 4.68. The van der Waals surface area contributed by atoms with Crippen LogP contribution in [0.3, 0.4) is 0 Å². The van der Waals surface area contributed by atoms with Crippen molar-refractivity contribution in [1.82, 2.24) is 5.32 Å². The fourth-order valence-corrected chi connectivity index (χ4v) is 2.05. The summed E-state index contributed by atoms with van der Waals surface area (Å²) in [5.41, 5.74) is 1.25. The van der Waals surface area contributed by atoms with E-state index in [4.69, 9.17) is 9.84 Å². The SMILES string of the molecule is COCC(C)(CCO)NCc1ccc(C)c([N+](=O)[O-])c1. The van der Waals surface area contributed by atoms with Crippen molar-refractivity contribution in [2.24, 2.45) is 0 Å². The standard InChI is InChI=1S/C14H22N2O4/c1-11-4-5-12(8-13(11)16(18)19)9-15-14(2,6-7-17)10-20-3/h4-5,8,15,17H,6-7,9-10H2,1-3H3. The third-order valence-electron chi connectivity index (χ3n) is 3.32. The average molecular weight is 282 g/mol. The third-order valence-corrected chi connectivity index (χ3v) is 3.32. The van der Waals surface area contributed by atoms with Crippen LogP contribution in [0.5, 0.6) is 0 Å². The Bertz CT molecular complexity index is 456. The zero-order valence-electron chi connectivity index (χ0n) is 12.2. The number of rotatable bonds is 8. The highest BCUT2D eigenvalue weighted by Crippen LogP contribution is 2.20. The third kappa shape index (κ3) is 4.56. The van der Waals surface area contributed by atoms with E-state index in [1.54, 1.807) is 26.2 Å². The minimum Gasteiger partial charge on any atom is -0.396 e. The number of nitrogens with zero attached hydrogens (tertiary/aromatic N) is 1. The quantitative estimate of drug-likeness (QED) is 0.561. The van der Waals surface area contributed by atoms with Crippen molar-refractivity contribution >= 4 is 5.69 Å². The van der Waals surface area contributed by atoms with E-state index in [1.807, 2.05) is 13.0 Å². The number of aliphatic hydroxyl groups excluding tert-OH is 1. The van der Waals surface area contributed by atoms with Crippen LogP contribution in [-0.2, 0) is 11.3 Å². The van der Waals surface area contributed by atoms with Gasteiger partial charge in [-0.25, -0.2) is 0 Å². The molecule has 0 aliphatic heterocycles. The van der Waals surface area contributed by atoms with Gasteiger partial charge in [-0.15, -0.1) is 0 Å². The summed E-state index contributed by atoms with van der Waals surface area (Å²) >= 11 is 0. The summed E-state index contributed by atoms with van der Waals surface area (Å²) in [5, 5.41) is 23.3. The van der Waals surface area contributed by atoms with Gasteiger partial charge in [-0.2, -0.15) is 0 Å². The van der Waals surface area contributed by atoms with Crippen LogP contribution < -0.4 is 5.32 Å². The summed E-state index contributed by atoms with van der Waals surface area (Å²) < 4.78 is 5.15. The molecule has 6 heteroatoms. The van der Waals surface area contributed by atoms with Gasteiger partial charge in [0.05, 0.1) is 11.5 Å². The molecule has 1 atom stereocenters. The lowest BCUT2D eigenvalue weighted by atomic mass is 9.98. The molecule has 0 radical (unpaired) electrons. The number of hydrogen-bond donors (Lipinski definition) is 2. The molecule has 0 aliphatic rings. The number of methoxy groups -OCH3 is 1. The average Bonchev–Trinajstić information content (AvgIpc) is 2.38. The maximum Gasteiger partial charge on any atom is 0.272 e. The summed E-state index contributed by atoms with van der Waals surface area (Å²) in [4.78, 5) is 10.5. The summed E-state index contributed by atoms with van der Waals surface area (Å²) in [7, 11) is 1.61. The van der Waals surface area contributed by atoms with E-state index in [2.05, 4.69) is 5.32 Å². The van der Waals surface area contributed by atoms with Crippen LogP contribution in [-0.4, -0.2) is 35.9 Å². The molecular weight excluding hydrogens is 260 g/mol. The maximum atomic E-state index is 10.9. The topological polar surface area (TPSA) is 84.6 Å². The van der Waals surface area contributed by atoms with Crippen LogP contribution >= 0.6 is 0 Å². The largest absolute Gasteiger partial charge is 0.396 e. The van der Waals surface area contributed by atoms with Gasteiger partial charge in [0.15, 0.2) is 0 Å². The second-order valence-corrected chi connectivity index (χ2v) is 5.20. The van der Waals surface area contributed by atoms with Crippen LogP contribution in [0.25, 0.3) is 0 Å². The van der Waals surface area contributed by atoms with E-state index < -0.39 is 0 Å². The zero-order chi connectivity index (χ0) is 15.2. The number of ether oxygens (including phenoxy) is 1. The maximum absolute atomic E-state index is 10.9. The molecule has 112 valence electrons. The molecule has 20 heavy (non-hydrogen) atoms. The number of aryl methyl sites for hydroxylation is 1.